The van der Waals surface area contributed by atoms with Gasteiger partial charge < -0.3 is 23.9 Å². The van der Waals surface area contributed by atoms with E-state index in [9.17, 15) is 4.79 Å². The van der Waals surface area contributed by atoms with Crippen molar-refractivity contribution in [3.05, 3.63) is 70.5 Å². The highest BCUT2D eigenvalue weighted by molar-refractivity contribution is 6.39. The van der Waals surface area contributed by atoms with E-state index < -0.39 is 0 Å². The molecule has 0 saturated carbocycles. The van der Waals surface area contributed by atoms with Crippen molar-refractivity contribution in [2.75, 3.05) is 14.2 Å². The van der Waals surface area contributed by atoms with Crippen LogP contribution in [0.5, 0.6) is 11.5 Å². The van der Waals surface area contributed by atoms with Crippen LogP contribution in [-0.2, 0) is 19.6 Å². The second-order valence-electron chi connectivity index (χ2n) is 7.89. The van der Waals surface area contributed by atoms with Crippen LogP contribution in [0.15, 0.2) is 53.6 Å². The Balaban J connectivity index is 1.41. The van der Waals surface area contributed by atoms with Gasteiger partial charge in [0, 0.05) is 24.0 Å². The molecule has 1 amide bonds. The molecule has 0 atom stereocenters. The lowest BCUT2D eigenvalue weighted by Crippen LogP contribution is -2.24. The number of amides is 1. The van der Waals surface area contributed by atoms with E-state index in [1.165, 1.54) is 14.2 Å². The molecule has 0 aliphatic rings. The summed E-state index contributed by atoms with van der Waals surface area (Å²) < 4.78 is 19.8. The molecule has 0 aliphatic carbocycles. The molecular weight excluding hydrogens is 521 g/mol. The molecule has 0 radical (unpaired) electrons. The van der Waals surface area contributed by atoms with E-state index in [1.54, 1.807) is 47.5 Å². The molecule has 0 spiro atoms. The van der Waals surface area contributed by atoms with Crippen molar-refractivity contribution in [3.8, 4) is 23.1 Å². The lowest BCUT2D eigenvalue weighted by atomic mass is 10.1. The molecule has 3 aromatic heterocycles. The molecule has 0 bridgehead atoms. The third-order valence-corrected chi connectivity index (χ3v) is 6.13. The lowest BCUT2D eigenvalue weighted by molar-refractivity contribution is 0.0946. The van der Waals surface area contributed by atoms with Crippen LogP contribution in [0, 0.1) is 0 Å². The molecule has 190 valence electrons. The zero-order valence-electron chi connectivity index (χ0n) is 19.8. The van der Waals surface area contributed by atoms with Gasteiger partial charge in [-0.1, -0.05) is 34.4 Å². The molecule has 5 aromatic rings. The van der Waals surface area contributed by atoms with E-state index in [4.69, 9.17) is 37.2 Å². The second-order valence-corrected chi connectivity index (χ2v) is 8.74. The lowest BCUT2D eigenvalue weighted by Gasteiger charge is -2.11. The summed E-state index contributed by atoms with van der Waals surface area (Å²) in [4.78, 5) is 21.4. The smallest absolute Gasteiger partial charge is 0.276 e. The van der Waals surface area contributed by atoms with Gasteiger partial charge in [-0.25, -0.2) is 4.98 Å². The zero-order valence-corrected chi connectivity index (χ0v) is 21.3. The third kappa shape index (κ3) is 4.95. The van der Waals surface area contributed by atoms with E-state index in [-0.39, 0.29) is 24.2 Å². The van der Waals surface area contributed by atoms with Crippen LogP contribution < -0.4 is 14.8 Å². The fourth-order valence-corrected chi connectivity index (χ4v) is 4.51. The number of para-hydroxylation sites is 1. The average Bonchev–Trinajstić information content (AvgIpc) is 3.65. The Morgan fingerprint density at radius 2 is 2.03 bits per heavy atom. The minimum atomic E-state index is -0.379. The van der Waals surface area contributed by atoms with Crippen LogP contribution in [0.2, 0.25) is 10.0 Å². The van der Waals surface area contributed by atoms with Crippen molar-refractivity contribution in [3.63, 3.8) is 0 Å². The molecule has 5 rings (SSSR count). The maximum absolute atomic E-state index is 12.8. The van der Waals surface area contributed by atoms with Gasteiger partial charge >= 0.3 is 0 Å². The number of carbonyl (C=O) groups excluding carboxylic acids is 1. The molecule has 13 heteroatoms. The minimum Gasteiger partial charge on any atom is -0.493 e. The van der Waals surface area contributed by atoms with Gasteiger partial charge in [-0.2, -0.15) is 10.1 Å². The first-order valence-corrected chi connectivity index (χ1v) is 11.9. The van der Waals surface area contributed by atoms with Crippen LogP contribution in [0.3, 0.4) is 0 Å². The van der Waals surface area contributed by atoms with Gasteiger partial charge in [-0.05, 0) is 24.3 Å². The number of hydrogen-bond donors (Lipinski definition) is 1. The molecule has 0 fully saturated rings. The number of ether oxygens (including phenoxy) is 2. The Bertz CT molecular complexity index is 1560. The fraction of sp³-hybridized carbons (Fsp3) is 0.208. The molecule has 2 aromatic carbocycles. The van der Waals surface area contributed by atoms with E-state index in [0.717, 1.165) is 0 Å². The summed E-state index contributed by atoms with van der Waals surface area (Å²) in [5.74, 6) is 0.879. The standard InChI is InChI=1S/C24H21Cl2N7O4/c1-35-18-5-3-4-15(22(18)36-2)23(34)28-12-19-29-24(37-31-19)21-20-16(26)10-14(25)11-17(20)30-33(21)9-8-32-7-6-27-13-32/h3-7,10-11,13H,8-9,12H2,1-2H3,(H,28,34). The highest BCUT2D eigenvalue weighted by Crippen LogP contribution is 2.35. The Kier molecular flexibility index (Phi) is 6.97. The first-order valence-electron chi connectivity index (χ1n) is 11.1. The van der Waals surface area contributed by atoms with Crippen LogP contribution in [0.1, 0.15) is 16.2 Å². The van der Waals surface area contributed by atoms with Crippen molar-refractivity contribution in [1.29, 1.82) is 0 Å². The quantitative estimate of drug-likeness (QED) is 0.294. The number of nitrogens with one attached hydrogen (secondary N) is 1. The number of aromatic nitrogens is 6. The van der Waals surface area contributed by atoms with Gasteiger partial charge in [0.15, 0.2) is 17.3 Å². The third-order valence-electron chi connectivity index (χ3n) is 5.61. The summed E-state index contributed by atoms with van der Waals surface area (Å²) in [5.41, 5.74) is 1.46. The van der Waals surface area contributed by atoms with Crippen LogP contribution in [-0.4, -0.2) is 49.6 Å². The summed E-state index contributed by atoms with van der Waals surface area (Å²) in [7, 11) is 2.98. The van der Waals surface area contributed by atoms with Gasteiger partial charge in [0.2, 0.25) is 0 Å². The molecule has 0 aliphatic heterocycles. The summed E-state index contributed by atoms with van der Waals surface area (Å²) in [6.07, 6.45) is 5.28. The summed E-state index contributed by atoms with van der Waals surface area (Å²) in [5, 5.41) is 13.0. The Morgan fingerprint density at radius 1 is 1.16 bits per heavy atom. The Morgan fingerprint density at radius 3 is 2.78 bits per heavy atom. The predicted molar refractivity (Wildman–Crippen MR) is 136 cm³/mol. The maximum atomic E-state index is 12.8. The number of rotatable bonds is 9. The number of imidazole rings is 1. The monoisotopic (exact) mass is 541 g/mol. The van der Waals surface area contributed by atoms with E-state index in [2.05, 4.69) is 25.5 Å². The van der Waals surface area contributed by atoms with Gasteiger partial charge in [0.1, 0.15) is 5.69 Å². The van der Waals surface area contributed by atoms with Gasteiger partial charge in [0.25, 0.3) is 11.8 Å². The molecular formula is C24H21Cl2N7O4. The predicted octanol–water partition coefficient (Wildman–Crippen LogP) is 4.24. The number of fused-ring (bicyclic) bond motifs is 1. The number of carbonyl (C=O) groups is 1. The highest BCUT2D eigenvalue weighted by atomic mass is 35.5. The maximum Gasteiger partial charge on any atom is 0.276 e. The summed E-state index contributed by atoms with van der Waals surface area (Å²) >= 11 is 12.7. The van der Waals surface area contributed by atoms with E-state index in [1.807, 2.05) is 10.8 Å². The largest absolute Gasteiger partial charge is 0.493 e. The van der Waals surface area contributed by atoms with Crippen molar-refractivity contribution in [1.82, 2.24) is 34.8 Å². The first kappa shape index (κ1) is 24.6. The van der Waals surface area contributed by atoms with Gasteiger partial charge in [0.05, 0.1) is 55.1 Å². The Hall–Kier alpha value is -4.09. The SMILES string of the molecule is COc1cccc(C(=O)NCc2noc(-c3c4c(Cl)cc(Cl)cc4nn3CCn3ccnc3)n2)c1OC. The summed E-state index contributed by atoms with van der Waals surface area (Å²) in [6.45, 7) is 1.10. The van der Waals surface area contributed by atoms with Crippen LogP contribution in [0.4, 0.5) is 0 Å². The second kappa shape index (κ2) is 10.5. The first-order chi connectivity index (χ1) is 18.0. The molecule has 37 heavy (non-hydrogen) atoms. The summed E-state index contributed by atoms with van der Waals surface area (Å²) in [6, 6.07) is 8.40. The zero-order chi connectivity index (χ0) is 25.9. The molecule has 11 nitrogen and oxygen atoms in total. The number of nitrogens with zero attached hydrogens (tertiary/aromatic N) is 6. The molecule has 1 N–H and O–H groups in total. The molecule has 3 heterocycles. The van der Waals surface area contributed by atoms with Gasteiger partial charge in [-0.3, -0.25) is 9.48 Å². The highest BCUT2D eigenvalue weighted by Gasteiger charge is 2.23. The van der Waals surface area contributed by atoms with Crippen LogP contribution >= 0.6 is 23.2 Å². The van der Waals surface area contributed by atoms with Crippen LogP contribution in [0.25, 0.3) is 22.5 Å². The van der Waals surface area contributed by atoms with Crippen molar-refractivity contribution >= 4 is 40.0 Å². The van der Waals surface area contributed by atoms with Crippen molar-refractivity contribution < 1.29 is 18.8 Å². The Labute approximate surface area is 220 Å². The fourth-order valence-electron chi connectivity index (χ4n) is 3.93. The number of benzene rings is 2. The molecule has 0 unspecified atom stereocenters. The topological polar surface area (TPSA) is 122 Å². The number of aryl methyl sites for hydroxylation is 2. The minimum absolute atomic E-state index is 0.0172. The van der Waals surface area contributed by atoms with Gasteiger partial charge in [-0.15, -0.1) is 0 Å². The number of methoxy groups -OCH3 is 2. The number of hydrogen-bond acceptors (Lipinski definition) is 8. The van der Waals surface area contributed by atoms with E-state index >= 15 is 0 Å². The number of halogens is 2. The normalized spacial score (nSPS) is 11.1. The van der Waals surface area contributed by atoms with E-state index in [0.29, 0.717) is 56.8 Å². The van der Waals surface area contributed by atoms with Crippen molar-refractivity contribution in [2.45, 2.75) is 19.6 Å². The average molecular weight is 542 g/mol. The molecule has 0 saturated heterocycles. The van der Waals surface area contributed by atoms with Crippen molar-refractivity contribution in [2.24, 2.45) is 0 Å².